The largest absolute Gasteiger partial charge is 0.387 e. The van der Waals surface area contributed by atoms with Gasteiger partial charge < -0.3 is 10.4 Å². The summed E-state index contributed by atoms with van der Waals surface area (Å²) in [5, 5.41) is 14.8. The molecule has 1 aromatic rings. The summed E-state index contributed by atoms with van der Waals surface area (Å²) < 4.78 is 0. The van der Waals surface area contributed by atoms with E-state index in [1.807, 2.05) is 17.5 Å². The first-order chi connectivity index (χ1) is 7.68. The number of carbonyl (C=O) groups is 1. The summed E-state index contributed by atoms with van der Waals surface area (Å²) in [7, 11) is 0. The monoisotopic (exact) mass is 257 g/mol. The number of rotatable bonds is 4. The van der Waals surface area contributed by atoms with Crippen LogP contribution in [0.2, 0.25) is 0 Å². The standard InChI is InChI=1S/C11H15NO2S2/c13-10(6-9-2-1-4-16-9)12-7-11(14)3-5-15-8-11/h1-2,4,14H,3,5-8H2,(H,12,13)/t11-/m1/s1. The van der Waals surface area contributed by atoms with Gasteiger partial charge in [0.1, 0.15) is 0 Å². The fraction of sp³-hybridized carbons (Fsp3) is 0.545. The van der Waals surface area contributed by atoms with Gasteiger partial charge in [-0.2, -0.15) is 11.8 Å². The Morgan fingerprint density at radius 1 is 1.62 bits per heavy atom. The maximum Gasteiger partial charge on any atom is 0.225 e. The molecule has 1 aromatic heterocycles. The smallest absolute Gasteiger partial charge is 0.225 e. The van der Waals surface area contributed by atoms with E-state index in [2.05, 4.69) is 5.32 Å². The summed E-state index contributed by atoms with van der Waals surface area (Å²) in [6.45, 7) is 0.379. The van der Waals surface area contributed by atoms with Crippen molar-refractivity contribution in [3.63, 3.8) is 0 Å². The summed E-state index contributed by atoms with van der Waals surface area (Å²) in [5.41, 5.74) is -0.685. The SMILES string of the molecule is O=C(Cc1cccs1)NC[C@]1(O)CCSC1. The van der Waals surface area contributed by atoms with E-state index in [-0.39, 0.29) is 5.91 Å². The van der Waals surface area contributed by atoms with Crippen LogP contribution in [0.4, 0.5) is 0 Å². The van der Waals surface area contributed by atoms with Gasteiger partial charge in [0.15, 0.2) is 0 Å². The first kappa shape index (κ1) is 12.0. The normalized spacial score (nSPS) is 24.6. The van der Waals surface area contributed by atoms with Crippen LogP contribution in [0.5, 0.6) is 0 Å². The minimum Gasteiger partial charge on any atom is -0.387 e. The van der Waals surface area contributed by atoms with Gasteiger partial charge in [-0.05, 0) is 23.6 Å². The van der Waals surface area contributed by atoms with Gasteiger partial charge in [0.05, 0.1) is 12.0 Å². The Labute approximate surface area is 103 Å². The summed E-state index contributed by atoms with van der Waals surface area (Å²) in [6.07, 6.45) is 1.19. The summed E-state index contributed by atoms with van der Waals surface area (Å²) in [4.78, 5) is 12.6. The van der Waals surface area contributed by atoms with E-state index >= 15 is 0 Å². The highest BCUT2D eigenvalue weighted by Gasteiger charge is 2.31. The minimum atomic E-state index is -0.685. The molecule has 5 heteroatoms. The molecule has 0 spiro atoms. The molecule has 1 fully saturated rings. The van der Waals surface area contributed by atoms with E-state index in [1.165, 1.54) is 0 Å². The molecule has 0 bridgehead atoms. The van der Waals surface area contributed by atoms with Gasteiger partial charge >= 0.3 is 0 Å². The van der Waals surface area contributed by atoms with E-state index in [9.17, 15) is 9.90 Å². The number of hydrogen-bond acceptors (Lipinski definition) is 4. The van der Waals surface area contributed by atoms with Crippen LogP contribution in [-0.2, 0) is 11.2 Å². The molecule has 2 rings (SSSR count). The van der Waals surface area contributed by atoms with Gasteiger partial charge in [0, 0.05) is 17.2 Å². The third-order valence-corrected chi connectivity index (χ3v) is 4.72. The van der Waals surface area contributed by atoms with Gasteiger partial charge in [-0.25, -0.2) is 0 Å². The summed E-state index contributed by atoms with van der Waals surface area (Å²) in [6, 6.07) is 3.89. The molecule has 2 N–H and O–H groups in total. The first-order valence-electron chi connectivity index (χ1n) is 5.27. The second kappa shape index (κ2) is 5.21. The highest BCUT2D eigenvalue weighted by Crippen LogP contribution is 2.26. The Morgan fingerprint density at radius 2 is 2.50 bits per heavy atom. The van der Waals surface area contributed by atoms with Crippen LogP contribution in [0, 0.1) is 0 Å². The quantitative estimate of drug-likeness (QED) is 0.854. The van der Waals surface area contributed by atoms with Crippen LogP contribution in [0.1, 0.15) is 11.3 Å². The van der Waals surface area contributed by atoms with Crippen molar-refractivity contribution in [3.05, 3.63) is 22.4 Å². The van der Waals surface area contributed by atoms with E-state index < -0.39 is 5.60 Å². The maximum absolute atomic E-state index is 11.6. The van der Waals surface area contributed by atoms with Crippen molar-refractivity contribution in [3.8, 4) is 0 Å². The van der Waals surface area contributed by atoms with E-state index in [1.54, 1.807) is 23.1 Å². The molecule has 1 aliphatic heterocycles. The molecule has 1 aliphatic rings. The zero-order valence-electron chi connectivity index (χ0n) is 8.94. The molecule has 2 heterocycles. The lowest BCUT2D eigenvalue weighted by molar-refractivity contribution is -0.121. The number of thiophene rings is 1. The third-order valence-electron chi connectivity index (χ3n) is 2.61. The zero-order chi connectivity index (χ0) is 11.4. The Hall–Kier alpha value is -0.520. The first-order valence-corrected chi connectivity index (χ1v) is 7.31. The fourth-order valence-electron chi connectivity index (χ4n) is 1.63. The van der Waals surface area contributed by atoms with Crippen molar-refractivity contribution < 1.29 is 9.90 Å². The van der Waals surface area contributed by atoms with Crippen molar-refractivity contribution >= 4 is 29.0 Å². The number of hydrogen-bond donors (Lipinski definition) is 2. The molecule has 0 radical (unpaired) electrons. The molecule has 1 saturated heterocycles. The molecule has 88 valence electrons. The molecule has 1 atom stereocenters. The second-order valence-electron chi connectivity index (χ2n) is 4.06. The summed E-state index contributed by atoms with van der Waals surface area (Å²) >= 11 is 3.32. The number of amides is 1. The molecule has 0 saturated carbocycles. The van der Waals surface area contributed by atoms with E-state index in [0.717, 1.165) is 22.8 Å². The fourth-order valence-corrected chi connectivity index (χ4v) is 3.63. The lowest BCUT2D eigenvalue weighted by atomic mass is 10.0. The van der Waals surface area contributed by atoms with Crippen LogP contribution in [0.15, 0.2) is 17.5 Å². The average Bonchev–Trinajstić information content (AvgIpc) is 2.88. The van der Waals surface area contributed by atoms with Gasteiger partial charge in [-0.3, -0.25) is 4.79 Å². The lowest BCUT2D eigenvalue weighted by Gasteiger charge is -2.21. The lowest BCUT2D eigenvalue weighted by Crippen LogP contribution is -2.43. The predicted octanol–water partition coefficient (Wildman–Crippen LogP) is 1.27. The molecular weight excluding hydrogens is 242 g/mol. The van der Waals surface area contributed by atoms with Crippen molar-refractivity contribution in [2.75, 3.05) is 18.1 Å². The molecule has 3 nitrogen and oxygen atoms in total. The number of carbonyl (C=O) groups excluding carboxylic acids is 1. The number of thioether (sulfide) groups is 1. The van der Waals surface area contributed by atoms with E-state index in [0.29, 0.717) is 13.0 Å². The van der Waals surface area contributed by atoms with E-state index in [4.69, 9.17) is 0 Å². The highest BCUT2D eigenvalue weighted by molar-refractivity contribution is 7.99. The zero-order valence-corrected chi connectivity index (χ0v) is 10.6. The third kappa shape index (κ3) is 3.23. The van der Waals surface area contributed by atoms with Crippen molar-refractivity contribution in [1.82, 2.24) is 5.32 Å². The molecular formula is C11H15NO2S2. The van der Waals surface area contributed by atoms with Crippen molar-refractivity contribution in [2.45, 2.75) is 18.4 Å². The molecule has 0 aromatic carbocycles. The molecule has 0 unspecified atom stereocenters. The number of nitrogens with one attached hydrogen (secondary N) is 1. The molecule has 16 heavy (non-hydrogen) atoms. The Bertz CT molecular complexity index is 345. The topological polar surface area (TPSA) is 49.3 Å². The average molecular weight is 257 g/mol. The Balaban J connectivity index is 1.75. The van der Waals surface area contributed by atoms with Crippen LogP contribution >= 0.6 is 23.1 Å². The van der Waals surface area contributed by atoms with Gasteiger partial charge in [-0.1, -0.05) is 6.07 Å². The Kier molecular flexibility index (Phi) is 3.89. The molecule has 0 aliphatic carbocycles. The van der Waals surface area contributed by atoms with Gasteiger partial charge in [0.2, 0.25) is 5.91 Å². The highest BCUT2D eigenvalue weighted by atomic mass is 32.2. The van der Waals surface area contributed by atoms with Crippen molar-refractivity contribution in [1.29, 1.82) is 0 Å². The van der Waals surface area contributed by atoms with Crippen LogP contribution in [0.3, 0.4) is 0 Å². The minimum absolute atomic E-state index is 0.00669. The maximum atomic E-state index is 11.6. The van der Waals surface area contributed by atoms with Gasteiger partial charge in [0.25, 0.3) is 0 Å². The predicted molar refractivity (Wildman–Crippen MR) is 67.9 cm³/mol. The molecule has 1 amide bonds. The Morgan fingerprint density at radius 3 is 3.12 bits per heavy atom. The van der Waals surface area contributed by atoms with Crippen LogP contribution in [0.25, 0.3) is 0 Å². The van der Waals surface area contributed by atoms with Gasteiger partial charge in [-0.15, -0.1) is 11.3 Å². The van der Waals surface area contributed by atoms with Crippen LogP contribution < -0.4 is 5.32 Å². The summed E-state index contributed by atoms with van der Waals surface area (Å²) in [5.74, 6) is 1.71. The second-order valence-corrected chi connectivity index (χ2v) is 6.20. The van der Waals surface area contributed by atoms with Crippen LogP contribution in [-0.4, -0.2) is 34.7 Å². The van der Waals surface area contributed by atoms with Crippen molar-refractivity contribution in [2.24, 2.45) is 0 Å². The number of aliphatic hydroxyl groups is 1.